The monoisotopic (exact) mass is 279 g/mol. The number of hydrogen-bond acceptors (Lipinski definition) is 4. The van der Waals surface area contributed by atoms with Crippen molar-refractivity contribution in [3.8, 4) is 5.75 Å². The summed E-state index contributed by atoms with van der Waals surface area (Å²) < 4.78 is 5.17. The maximum Gasteiger partial charge on any atom is 0.222 e. The van der Waals surface area contributed by atoms with Crippen molar-refractivity contribution in [3.63, 3.8) is 0 Å². The highest BCUT2D eigenvalue weighted by Gasteiger charge is 2.17. The number of carbonyl (C=O) groups excluding carboxylic acids is 1. The lowest BCUT2D eigenvalue weighted by molar-refractivity contribution is -0.122. The van der Waals surface area contributed by atoms with E-state index < -0.39 is 0 Å². The van der Waals surface area contributed by atoms with Crippen molar-refractivity contribution in [2.24, 2.45) is 5.73 Å². The number of hydrogen-bond donors (Lipinski definition) is 3. The average Bonchev–Trinajstić information content (AvgIpc) is 2.36. The van der Waals surface area contributed by atoms with E-state index in [0.29, 0.717) is 13.0 Å². The van der Waals surface area contributed by atoms with E-state index in [0.717, 1.165) is 11.4 Å². The van der Waals surface area contributed by atoms with E-state index in [1.807, 2.05) is 45.0 Å². The molecule has 1 unspecified atom stereocenters. The van der Waals surface area contributed by atoms with Gasteiger partial charge < -0.3 is 21.1 Å². The molecule has 0 spiro atoms. The third-order valence-electron chi connectivity index (χ3n) is 2.67. The maximum atomic E-state index is 11.9. The molecule has 1 aromatic carbocycles. The summed E-state index contributed by atoms with van der Waals surface area (Å²) in [6.45, 7) is 6.25. The van der Waals surface area contributed by atoms with Gasteiger partial charge in [0.2, 0.25) is 5.91 Å². The SMILES string of the molecule is COc1cccc(NC(CN)CC(=O)NC(C)(C)C)c1. The highest BCUT2D eigenvalue weighted by Crippen LogP contribution is 2.18. The fourth-order valence-electron chi connectivity index (χ4n) is 1.83. The number of nitrogens with two attached hydrogens (primary N) is 1. The van der Waals surface area contributed by atoms with E-state index in [1.54, 1.807) is 7.11 Å². The van der Waals surface area contributed by atoms with Gasteiger partial charge in [0.05, 0.1) is 7.11 Å². The zero-order valence-corrected chi connectivity index (χ0v) is 12.7. The molecular weight excluding hydrogens is 254 g/mol. The number of methoxy groups -OCH3 is 1. The van der Waals surface area contributed by atoms with Crippen molar-refractivity contribution in [2.75, 3.05) is 19.0 Å². The predicted molar refractivity (Wildman–Crippen MR) is 82.0 cm³/mol. The van der Waals surface area contributed by atoms with Crippen molar-refractivity contribution in [3.05, 3.63) is 24.3 Å². The van der Waals surface area contributed by atoms with Crippen LogP contribution in [0.2, 0.25) is 0 Å². The van der Waals surface area contributed by atoms with Gasteiger partial charge in [-0.05, 0) is 32.9 Å². The van der Waals surface area contributed by atoms with Crippen molar-refractivity contribution >= 4 is 11.6 Å². The van der Waals surface area contributed by atoms with Crippen LogP contribution < -0.4 is 21.1 Å². The van der Waals surface area contributed by atoms with Crippen LogP contribution >= 0.6 is 0 Å². The van der Waals surface area contributed by atoms with Gasteiger partial charge in [-0.15, -0.1) is 0 Å². The van der Waals surface area contributed by atoms with Crippen molar-refractivity contribution in [1.29, 1.82) is 0 Å². The highest BCUT2D eigenvalue weighted by molar-refractivity contribution is 5.77. The van der Waals surface area contributed by atoms with Crippen molar-refractivity contribution < 1.29 is 9.53 Å². The number of amides is 1. The Bertz CT molecular complexity index is 441. The van der Waals surface area contributed by atoms with Gasteiger partial charge in [0.25, 0.3) is 0 Å². The molecule has 0 saturated heterocycles. The van der Waals surface area contributed by atoms with Crippen LogP contribution in [0.1, 0.15) is 27.2 Å². The van der Waals surface area contributed by atoms with E-state index in [9.17, 15) is 4.79 Å². The highest BCUT2D eigenvalue weighted by atomic mass is 16.5. The molecule has 112 valence electrons. The molecule has 1 aromatic rings. The first-order valence-electron chi connectivity index (χ1n) is 6.75. The fraction of sp³-hybridized carbons (Fsp3) is 0.533. The Morgan fingerprint density at radius 2 is 2.10 bits per heavy atom. The van der Waals surface area contributed by atoms with Crippen LogP contribution in [-0.2, 0) is 4.79 Å². The van der Waals surface area contributed by atoms with Crippen LogP contribution in [0.4, 0.5) is 5.69 Å². The second-order valence-electron chi connectivity index (χ2n) is 5.81. The summed E-state index contributed by atoms with van der Waals surface area (Å²) in [6.07, 6.45) is 0.338. The van der Waals surface area contributed by atoms with E-state index in [2.05, 4.69) is 10.6 Å². The van der Waals surface area contributed by atoms with Gasteiger partial charge >= 0.3 is 0 Å². The van der Waals surface area contributed by atoms with Crippen LogP contribution in [-0.4, -0.2) is 31.1 Å². The topological polar surface area (TPSA) is 76.4 Å². The predicted octanol–water partition coefficient (Wildman–Crippen LogP) is 1.74. The van der Waals surface area contributed by atoms with Gasteiger partial charge in [-0.2, -0.15) is 0 Å². The summed E-state index contributed by atoms with van der Waals surface area (Å²) in [5.41, 5.74) is 6.39. The van der Waals surface area contributed by atoms with E-state index >= 15 is 0 Å². The first-order valence-corrected chi connectivity index (χ1v) is 6.75. The third kappa shape index (κ3) is 5.93. The molecule has 0 aliphatic heterocycles. The molecule has 1 amide bonds. The van der Waals surface area contributed by atoms with E-state index in [4.69, 9.17) is 10.5 Å². The number of anilines is 1. The molecule has 0 saturated carbocycles. The molecule has 0 radical (unpaired) electrons. The molecule has 4 N–H and O–H groups in total. The Morgan fingerprint density at radius 1 is 1.40 bits per heavy atom. The standard InChI is InChI=1S/C15H25N3O2/c1-15(2,3)18-14(19)9-12(10-16)17-11-6-5-7-13(8-11)20-4/h5-8,12,17H,9-10,16H2,1-4H3,(H,18,19). The third-order valence-corrected chi connectivity index (χ3v) is 2.67. The van der Waals surface area contributed by atoms with Crippen molar-refractivity contribution in [1.82, 2.24) is 5.32 Å². The fourth-order valence-corrected chi connectivity index (χ4v) is 1.83. The maximum absolute atomic E-state index is 11.9. The zero-order valence-electron chi connectivity index (χ0n) is 12.7. The molecule has 5 heteroatoms. The van der Waals surface area contributed by atoms with Crippen LogP contribution in [0, 0.1) is 0 Å². The zero-order chi connectivity index (χ0) is 15.2. The first-order chi connectivity index (χ1) is 9.34. The molecular formula is C15H25N3O2. The molecule has 0 bridgehead atoms. The Morgan fingerprint density at radius 3 is 2.65 bits per heavy atom. The largest absolute Gasteiger partial charge is 0.497 e. The second kappa shape index (κ2) is 7.14. The quantitative estimate of drug-likeness (QED) is 0.741. The van der Waals surface area contributed by atoms with Gasteiger partial charge in [0, 0.05) is 36.3 Å². The number of benzene rings is 1. The summed E-state index contributed by atoms with van der Waals surface area (Å²) in [6, 6.07) is 7.46. The average molecular weight is 279 g/mol. The number of nitrogens with one attached hydrogen (secondary N) is 2. The van der Waals surface area contributed by atoms with Crippen LogP contribution in [0.5, 0.6) is 5.75 Å². The summed E-state index contributed by atoms with van der Waals surface area (Å²) in [5, 5.41) is 6.19. The van der Waals surface area contributed by atoms with E-state index in [1.165, 1.54) is 0 Å². The van der Waals surface area contributed by atoms with Gasteiger partial charge in [-0.3, -0.25) is 4.79 Å². The molecule has 0 aromatic heterocycles. The molecule has 5 nitrogen and oxygen atoms in total. The first kappa shape index (κ1) is 16.3. The Kier molecular flexibility index (Phi) is 5.82. The second-order valence-corrected chi connectivity index (χ2v) is 5.81. The molecule has 20 heavy (non-hydrogen) atoms. The van der Waals surface area contributed by atoms with Gasteiger partial charge in [0.1, 0.15) is 5.75 Å². The van der Waals surface area contributed by atoms with Crippen LogP contribution in [0.15, 0.2) is 24.3 Å². The molecule has 1 atom stereocenters. The number of carbonyl (C=O) groups is 1. The molecule has 0 aliphatic rings. The molecule has 0 heterocycles. The lowest BCUT2D eigenvalue weighted by Crippen LogP contribution is -2.44. The molecule has 1 rings (SSSR count). The van der Waals surface area contributed by atoms with Gasteiger partial charge in [0.15, 0.2) is 0 Å². The van der Waals surface area contributed by atoms with Crippen molar-refractivity contribution in [2.45, 2.75) is 38.8 Å². The lowest BCUT2D eigenvalue weighted by Gasteiger charge is -2.23. The Hall–Kier alpha value is -1.75. The van der Waals surface area contributed by atoms with Gasteiger partial charge in [-0.25, -0.2) is 0 Å². The Labute approximate surface area is 120 Å². The molecule has 0 aliphatic carbocycles. The minimum absolute atomic E-state index is 0.0108. The Balaban J connectivity index is 2.60. The summed E-state index contributed by atoms with van der Waals surface area (Å²) in [7, 11) is 1.62. The summed E-state index contributed by atoms with van der Waals surface area (Å²) in [5.74, 6) is 0.758. The summed E-state index contributed by atoms with van der Waals surface area (Å²) >= 11 is 0. The van der Waals surface area contributed by atoms with Crippen LogP contribution in [0.25, 0.3) is 0 Å². The van der Waals surface area contributed by atoms with Crippen LogP contribution in [0.3, 0.4) is 0 Å². The van der Waals surface area contributed by atoms with Gasteiger partial charge in [-0.1, -0.05) is 6.07 Å². The smallest absolute Gasteiger partial charge is 0.222 e. The normalized spacial score (nSPS) is 12.7. The van der Waals surface area contributed by atoms with E-state index in [-0.39, 0.29) is 17.5 Å². The number of rotatable bonds is 6. The summed E-state index contributed by atoms with van der Waals surface area (Å²) in [4.78, 5) is 11.9. The lowest BCUT2D eigenvalue weighted by atomic mass is 10.1. The minimum atomic E-state index is -0.230. The molecule has 0 fully saturated rings. The minimum Gasteiger partial charge on any atom is -0.497 e. The number of ether oxygens (including phenoxy) is 1.